The Morgan fingerprint density at radius 3 is 2.95 bits per heavy atom. The summed E-state index contributed by atoms with van der Waals surface area (Å²) in [6, 6.07) is -0.0159. The second kappa shape index (κ2) is 6.24. The van der Waals surface area contributed by atoms with Crippen LogP contribution in [0.15, 0.2) is 11.2 Å². The van der Waals surface area contributed by atoms with Crippen LogP contribution >= 0.6 is 0 Å². The Morgan fingerprint density at radius 1 is 1.55 bits per heavy atom. The summed E-state index contributed by atoms with van der Waals surface area (Å²) < 4.78 is 29.5. The fourth-order valence-corrected chi connectivity index (χ4v) is 3.91. The van der Waals surface area contributed by atoms with Gasteiger partial charge in [-0.25, -0.2) is 18.1 Å². The Balaban J connectivity index is 2.15. The van der Waals surface area contributed by atoms with Crippen LogP contribution in [0.2, 0.25) is 0 Å². The Labute approximate surface area is 121 Å². The normalized spacial score (nSPS) is 23.9. The standard InChI is InChI=1S/C13H24N4O2S/c1-4-7-17-9-13(15-11(17)3)20(18,19)16-12-5-6-14-8-10(12)2/h9-10,12,14,16H,4-8H2,1-3H3. The van der Waals surface area contributed by atoms with E-state index in [-0.39, 0.29) is 17.0 Å². The van der Waals surface area contributed by atoms with Gasteiger partial charge in [-0.3, -0.25) is 0 Å². The van der Waals surface area contributed by atoms with Crippen molar-refractivity contribution in [2.24, 2.45) is 5.92 Å². The van der Waals surface area contributed by atoms with Gasteiger partial charge in [-0.15, -0.1) is 0 Å². The molecule has 1 saturated heterocycles. The molecule has 0 saturated carbocycles. The highest BCUT2D eigenvalue weighted by molar-refractivity contribution is 7.89. The first-order chi connectivity index (χ1) is 9.44. The maximum Gasteiger partial charge on any atom is 0.259 e. The molecule has 0 aromatic carbocycles. The summed E-state index contributed by atoms with van der Waals surface area (Å²) in [5, 5.41) is 3.40. The van der Waals surface area contributed by atoms with Gasteiger partial charge in [0.25, 0.3) is 10.0 Å². The number of piperidine rings is 1. The number of nitrogens with zero attached hydrogens (tertiary/aromatic N) is 2. The zero-order chi connectivity index (χ0) is 14.8. The summed E-state index contributed by atoms with van der Waals surface area (Å²) in [7, 11) is -3.52. The molecule has 1 aliphatic heterocycles. The Hall–Kier alpha value is -0.920. The van der Waals surface area contributed by atoms with Crippen molar-refractivity contribution in [1.82, 2.24) is 19.6 Å². The molecular formula is C13H24N4O2S. The van der Waals surface area contributed by atoms with E-state index < -0.39 is 10.0 Å². The van der Waals surface area contributed by atoms with Crippen LogP contribution in [0.3, 0.4) is 0 Å². The molecule has 0 radical (unpaired) electrons. The van der Waals surface area contributed by atoms with Gasteiger partial charge in [-0.2, -0.15) is 0 Å². The molecule has 7 heteroatoms. The second-order valence-electron chi connectivity index (χ2n) is 5.52. The lowest BCUT2D eigenvalue weighted by atomic mass is 9.97. The van der Waals surface area contributed by atoms with E-state index in [4.69, 9.17) is 0 Å². The molecule has 114 valence electrons. The molecule has 1 fully saturated rings. The molecule has 2 unspecified atom stereocenters. The highest BCUT2D eigenvalue weighted by Crippen LogP contribution is 2.15. The highest BCUT2D eigenvalue weighted by Gasteiger charge is 2.28. The van der Waals surface area contributed by atoms with Gasteiger partial charge in [-0.1, -0.05) is 13.8 Å². The largest absolute Gasteiger partial charge is 0.334 e. The number of rotatable bonds is 5. The topological polar surface area (TPSA) is 76.0 Å². The summed E-state index contributed by atoms with van der Waals surface area (Å²) >= 11 is 0. The van der Waals surface area contributed by atoms with E-state index in [0.717, 1.165) is 38.3 Å². The number of hydrogen-bond donors (Lipinski definition) is 2. The minimum absolute atomic E-state index is 0.0159. The van der Waals surface area contributed by atoms with Crippen molar-refractivity contribution >= 4 is 10.0 Å². The molecule has 2 atom stereocenters. The molecule has 0 aliphatic carbocycles. The van der Waals surface area contributed by atoms with Gasteiger partial charge in [0.1, 0.15) is 5.82 Å². The lowest BCUT2D eigenvalue weighted by Gasteiger charge is -2.29. The summed E-state index contributed by atoms with van der Waals surface area (Å²) in [5.74, 6) is 1.03. The maximum absolute atomic E-state index is 12.4. The summed E-state index contributed by atoms with van der Waals surface area (Å²) in [5.41, 5.74) is 0. The number of nitrogens with one attached hydrogen (secondary N) is 2. The minimum atomic E-state index is -3.52. The second-order valence-corrected chi connectivity index (χ2v) is 7.18. The fourth-order valence-electron chi connectivity index (χ4n) is 2.52. The molecule has 0 spiro atoms. The molecule has 1 aliphatic rings. The third kappa shape index (κ3) is 3.39. The Bertz CT molecular complexity index is 553. The van der Waals surface area contributed by atoms with E-state index >= 15 is 0 Å². The third-order valence-electron chi connectivity index (χ3n) is 3.79. The highest BCUT2D eigenvalue weighted by atomic mass is 32.2. The van der Waals surface area contributed by atoms with Gasteiger partial charge in [-0.05, 0) is 38.8 Å². The molecule has 20 heavy (non-hydrogen) atoms. The molecule has 6 nitrogen and oxygen atoms in total. The summed E-state index contributed by atoms with van der Waals surface area (Å²) in [6.07, 6.45) is 3.40. The van der Waals surface area contributed by atoms with Crippen molar-refractivity contribution in [2.45, 2.75) is 51.2 Å². The van der Waals surface area contributed by atoms with Crippen molar-refractivity contribution in [3.05, 3.63) is 12.0 Å². The first-order valence-corrected chi connectivity index (χ1v) is 8.69. The molecule has 1 aromatic rings. The number of aryl methyl sites for hydroxylation is 2. The van der Waals surface area contributed by atoms with Crippen molar-refractivity contribution in [3.8, 4) is 0 Å². The predicted molar refractivity (Wildman–Crippen MR) is 78.0 cm³/mol. The van der Waals surface area contributed by atoms with Gasteiger partial charge in [0.2, 0.25) is 0 Å². The average Bonchev–Trinajstić information content (AvgIpc) is 2.75. The van der Waals surface area contributed by atoms with E-state index in [9.17, 15) is 8.42 Å². The van der Waals surface area contributed by atoms with Crippen LogP contribution in [-0.4, -0.2) is 37.1 Å². The van der Waals surface area contributed by atoms with E-state index in [1.54, 1.807) is 6.20 Å². The number of imidazole rings is 1. The van der Waals surface area contributed by atoms with Crippen molar-refractivity contribution < 1.29 is 8.42 Å². The van der Waals surface area contributed by atoms with Crippen LogP contribution in [0.1, 0.15) is 32.5 Å². The first-order valence-electron chi connectivity index (χ1n) is 7.21. The summed E-state index contributed by atoms with van der Waals surface area (Å²) in [6.45, 7) is 8.43. The Morgan fingerprint density at radius 2 is 2.30 bits per heavy atom. The molecular weight excluding hydrogens is 276 g/mol. The van der Waals surface area contributed by atoms with Gasteiger partial charge in [0, 0.05) is 18.8 Å². The monoisotopic (exact) mass is 300 g/mol. The van der Waals surface area contributed by atoms with E-state index in [1.807, 2.05) is 11.5 Å². The number of aromatic nitrogens is 2. The SMILES string of the molecule is CCCn1cc(S(=O)(=O)NC2CCNCC2C)nc1C. The van der Waals surface area contributed by atoms with Crippen LogP contribution < -0.4 is 10.0 Å². The molecule has 1 aromatic heterocycles. The zero-order valence-corrected chi connectivity index (χ0v) is 13.2. The number of hydrogen-bond acceptors (Lipinski definition) is 4. The quantitative estimate of drug-likeness (QED) is 0.846. The molecule has 2 heterocycles. The van der Waals surface area contributed by atoms with Gasteiger partial charge < -0.3 is 9.88 Å². The first kappa shape index (κ1) is 15.5. The lowest BCUT2D eigenvalue weighted by molar-refractivity contribution is 0.328. The van der Waals surface area contributed by atoms with Crippen LogP contribution in [0.5, 0.6) is 0 Å². The molecule has 0 amide bonds. The van der Waals surface area contributed by atoms with E-state index in [1.165, 1.54) is 0 Å². The third-order valence-corrected chi connectivity index (χ3v) is 5.15. The predicted octanol–water partition coefficient (Wildman–Crippen LogP) is 0.878. The lowest BCUT2D eigenvalue weighted by Crippen LogP contribution is -2.48. The fraction of sp³-hybridized carbons (Fsp3) is 0.769. The van der Waals surface area contributed by atoms with Crippen LogP contribution in [0.25, 0.3) is 0 Å². The zero-order valence-electron chi connectivity index (χ0n) is 12.4. The van der Waals surface area contributed by atoms with Gasteiger partial charge in [0.05, 0.1) is 0 Å². The minimum Gasteiger partial charge on any atom is -0.334 e. The molecule has 0 bridgehead atoms. The maximum atomic E-state index is 12.4. The van der Waals surface area contributed by atoms with Crippen LogP contribution in [0, 0.1) is 12.8 Å². The van der Waals surface area contributed by atoms with Crippen molar-refractivity contribution in [1.29, 1.82) is 0 Å². The van der Waals surface area contributed by atoms with Crippen molar-refractivity contribution in [2.75, 3.05) is 13.1 Å². The van der Waals surface area contributed by atoms with Crippen LogP contribution in [-0.2, 0) is 16.6 Å². The van der Waals surface area contributed by atoms with E-state index in [0.29, 0.717) is 0 Å². The molecule has 2 N–H and O–H groups in total. The van der Waals surface area contributed by atoms with Crippen molar-refractivity contribution in [3.63, 3.8) is 0 Å². The van der Waals surface area contributed by atoms with Gasteiger partial charge >= 0.3 is 0 Å². The number of sulfonamides is 1. The Kier molecular flexibility index (Phi) is 4.82. The summed E-state index contributed by atoms with van der Waals surface area (Å²) in [4.78, 5) is 4.19. The average molecular weight is 300 g/mol. The van der Waals surface area contributed by atoms with Gasteiger partial charge in [0.15, 0.2) is 5.03 Å². The smallest absolute Gasteiger partial charge is 0.259 e. The van der Waals surface area contributed by atoms with Crippen LogP contribution in [0.4, 0.5) is 0 Å². The molecule has 2 rings (SSSR count). The van der Waals surface area contributed by atoms with E-state index in [2.05, 4.69) is 28.9 Å².